The third-order valence-corrected chi connectivity index (χ3v) is 2.62. The lowest BCUT2D eigenvalue weighted by molar-refractivity contribution is -0.145. The van der Waals surface area contributed by atoms with E-state index < -0.39 is 11.9 Å². The third-order valence-electron chi connectivity index (χ3n) is 2.62. The normalized spacial score (nSPS) is 18.9. The van der Waals surface area contributed by atoms with Crippen molar-refractivity contribution in [2.75, 3.05) is 19.1 Å². The lowest BCUT2D eigenvalue weighted by atomic mass is 10.0. The second-order valence-electron chi connectivity index (χ2n) is 3.41. The molecule has 0 aromatic heterocycles. The van der Waals surface area contributed by atoms with Gasteiger partial charge in [0.1, 0.15) is 0 Å². The monoisotopic (exact) mass is 205 g/mol. The number of methoxy groups -OCH3 is 1. The first-order chi connectivity index (χ1) is 7.16. The number of para-hydroxylation sites is 1. The van der Waals surface area contributed by atoms with Gasteiger partial charge in [0, 0.05) is 12.7 Å². The van der Waals surface area contributed by atoms with Gasteiger partial charge >= 0.3 is 5.97 Å². The molecule has 0 fully saturated rings. The molecule has 15 heavy (non-hydrogen) atoms. The molecule has 1 amide bonds. The largest absolute Gasteiger partial charge is 0.468 e. The second-order valence-corrected chi connectivity index (χ2v) is 3.41. The van der Waals surface area contributed by atoms with Crippen LogP contribution in [0.4, 0.5) is 5.69 Å². The van der Waals surface area contributed by atoms with Crippen molar-refractivity contribution < 1.29 is 14.3 Å². The summed E-state index contributed by atoms with van der Waals surface area (Å²) in [6, 6.07) is 7.23. The van der Waals surface area contributed by atoms with Crippen LogP contribution in [-0.4, -0.2) is 26.0 Å². The van der Waals surface area contributed by atoms with Gasteiger partial charge in [-0.3, -0.25) is 9.59 Å². The fourth-order valence-electron chi connectivity index (χ4n) is 1.83. The molecule has 2 rings (SSSR count). The summed E-state index contributed by atoms with van der Waals surface area (Å²) in [6.45, 7) is 0. The van der Waals surface area contributed by atoms with Crippen molar-refractivity contribution in [3.63, 3.8) is 0 Å². The Bertz CT molecular complexity index is 428. The first-order valence-corrected chi connectivity index (χ1v) is 4.61. The zero-order valence-electron chi connectivity index (χ0n) is 8.56. The standard InChI is InChI=1S/C11H11NO3/c1-12-8-6-4-3-5-7(8)9(10(12)13)11(14)15-2/h3-6,9H,1-2H3/t9-/m1/s1. The van der Waals surface area contributed by atoms with Crippen LogP contribution in [0, 0.1) is 0 Å². The van der Waals surface area contributed by atoms with Crippen molar-refractivity contribution in [1.82, 2.24) is 0 Å². The number of carbonyl (C=O) groups excluding carboxylic acids is 2. The van der Waals surface area contributed by atoms with Crippen molar-refractivity contribution in [2.45, 2.75) is 5.92 Å². The van der Waals surface area contributed by atoms with Crippen LogP contribution in [0.25, 0.3) is 0 Å². The van der Waals surface area contributed by atoms with Gasteiger partial charge in [0.05, 0.1) is 7.11 Å². The highest BCUT2D eigenvalue weighted by molar-refractivity contribution is 6.15. The summed E-state index contributed by atoms with van der Waals surface area (Å²) in [5.41, 5.74) is 1.50. The van der Waals surface area contributed by atoms with Crippen molar-refractivity contribution in [3.05, 3.63) is 29.8 Å². The van der Waals surface area contributed by atoms with Crippen LogP contribution in [-0.2, 0) is 14.3 Å². The van der Waals surface area contributed by atoms with E-state index in [1.165, 1.54) is 12.0 Å². The number of fused-ring (bicyclic) bond motifs is 1. The first kappa shape index (κ1) is 9.71. The predicted octanol–water partition coefficient (Wildman–Crippen LogP) is 0.920. The Labute approximate surface area is 87.4 Å². The van der Waals surface area contributed by atoms with E-state index in [4.69, 9.17) is 0 Å². The molecule has 0 saturated carbocycles. The quantitative estimate of drug-likeness (QED) is 0.506. The van der Waals surface area contributed by atoms with Gasteiger partial charge in [-0.25, -0.2) is 0 Å². The Morgan fingerprint density at radius 1 is 1.40 bits per heavy atom. The van der Waals surface area contributed by atoms with Crippen LogP contribution in [0.3, 0.4) is 0 Å². The minimum absolute atomic E-state index is 0.233. The molecule has 0 saturated heterocycles. The summed E-state index contributed by atoms with van der Waals surface area (Å²) >= 11 is 0. The zero-order valence-corrected chi connectivity index (χ0v) is 8.56. The molecule has 78 valence electrons. The third kappa shape index (κ3) is 1.29. The van der Waals surface area contributed by atoms with E-state index in [9.17, 15) is 9.59 Å². The molecular formula is C11H11NO3. The van der Waals surface area contributed by atoms with Gasteiger partial charge in [0.2, 0.25) is 5.91 Å². The number of anilines is 1. The van der Waals surface area contributed by atoms with E-state index in [0.29, 0.717) is 0 Å². The molecule has 1 aromatic carbocycles. The number of benzene rings is 1. The van der Waals surface area contributed by atoms with E-state index in [-0.39, 0.29) is 5.91 Å². The van der Waals surface area contributed by atoms with Crippen molar-refractivity contribution in [3.8, 4) is 0 Å². The molecule has 1 aliphatic rings. The molecule has 0 radical (unpaired) electrons. The fourth-order valence-corrected chi connectivity index (χ4v) is 1.83. The number of amides is 1. The minimum atomic E-state index is -0.795. The summed E-state index contributed by atoms with van der Waals surface area (Å²) in [7, 11) is 2.95. The minimum Gasteiger partial charge on any atom is -0.468 e. The predicted molar refractivity (Wildman–Crippen MR) is 54.6 cm³/mol. The molecule has 0 bridgehead atoms. The number of ether oxygens (including phenoxy) is 1. The summed E-state index contributed by atoms with van der Waals surface area (Å²) in [5.74, 6) is -1.53. The number of hydrogen-bond acceptors (Lipinski definition) is 3. The van der Waals surface area contributed by atoms with E-state index in [2.05, 4.69) is 4.74 Å². The van der Waals surface area contributed by atoms with E-state index in [1.54, 1.807) is 19.2 Å². The topological polar surface area (TPSA) is 46.6 Å². The van der Waals surface area contributed by atoms with Crippen LogP contribution in [0.15, 0.2) is 24.3 Å². The molecule has 0 N–H and O–H groups in total. The van der Waals surface area contributed by atoms with Gasteiger partial charge in [0.25, 0.3) is 0 Å². The lowest BCUT2D eigenvalue weighted by Gasteiger charge is -2.09. The van der Waals surface area contributed by atoms with Crippen LogP contribution < -0.4 is 4.90 Å². The van der Waals surface area contributed by atoms with Gasteiger partial charge in [-0.1, -0.05) is 18.2 Å². The van der Waals surface area contributed by atoms with Crippen LogP contribution in [0.1, 0.15) is 11.5 Å². The average molecular weight is 205 g/mol. The smallest absolute Gasteiger partial charge is 0.322 e. The van der Waals surface area contributed by atoms with Crippen molar-refractivity contribution in [2.24, 2.45) is 0 Å². The number of likely N-dealkylation sites (N-methyl/N-ethyl adjacent to an activating group) is 1. The Hall–Kier alpha value is -1.84. The van der Waals surface area contributed by atoms with Crippen molar-refractivity contribution in [1.29, 1.82) is 0 Å². The highest BCUT2D eigenvalue weighted by Crippen LogP contribution is 2.36. The Morgan fingerprint density at radius 2 is 2.07 bits per heavy atom. The van der Waals surface area contributed by atoms with Gasteiger partial charge in [-0.2, -0.15) is 0 Å². The summed E-state index contributed by atoms with van der Waals surface area (Å²) in [4.78, 5) is 24.7. The van der Waals surface area contributed by atoms with Gasteiger partial charge in [-0.15, -0.1) is 0 Å². The number of rotatable bonds is 1. The molecule has 1 atom stereocenters. The summed E-state index contributed by atoms with van der Waals surface area (Å²) in [6.07, 6.45) is 0. The maximum Gasteiger partial charge on any atom is 0.322 e. The highest BCUT2D eigenvalue weighted by Gasteiger charge is 2.40. The molecule has 1 aromatic rings. The zero-order chi connectivity index (χ0) is 11.0. The van der Waals surface area contributed by atoms with E-state index in [0.717, 1.165) is 11.3 Å². The van der Waals surface area contributed by atoms with Gasteiger partial charge in [0.15, 0.2) is 5.92 Å². The summed E-state index contributed by atoms with van der Waals surface area (Å²) in [5, 5.41) is 0. The molecule has 0 aliphatic carbocycles. The summed E-state index contributed by atoms with van der Waals surface area (Å²) < 4.78 is 4.62. The number of esters is 1. The van der Waals surface area contributed by atoms with E-state index in [1.807, 2.05) is 12.1 Å². The maximum absolute atomic E-state index is 11.8. The number of hydrogen-bond donors (Lipinski definition) is 0. The molecule has 1 heterocycles. The molecule has 4 heteroatoms. The molecular weight excluding hydrogens is 194 g/mol. The number of carbonyl (C=O) groups is 2. The van der Waals surface area contributed by atoms with Gasteiger partial charge < -0.3 is 9.64 Å². The maximum atomic E-state index is 11.8. The average Bonchev–Trinajstić information content (AvgIpc) is 2.52. The number of nitrogens with zero attached hydrogens (tertiary/aromatic N) is 1. The van der Waals surface area contributed by atoms with Gasteiger partial charge in [-0.05, 0) is 11.6 Å². The highest BCUT2D eigenvalue weighted by atomic mass is 16.5. The Morgan fingerprint density at radius 3 is 2.73 bits per heavy atom. The second kappa shape index (κ2) is 3.38. The van der Waals surface area contributed by atoms with Crippen LogP contribution in [0.5, 0.6) is 0 Å². The molecule has 0 unspecified atom stereocenters. The van der Waals surface area contributed by atoms with Crippen molar-refractivity contribution >= 4 is 17.6 Å². The SMILES string of the molecule is COC(=O)[C@H]1C(=O)N(C)c2ccccc21. The molecule has 0 spiro atoms. The first-order valence-electron chi connectivity index (χ1n) is 4.61. The fraction of sp³-hybridized carbons (Fsp3) is 0.273. The Kier molecular flexibility index (Phi) is 2.19. The Balaban J connectivity index is 2.51. The lowest BCUT2D eigenvalue weighted by Crippen LogP contribution is -2.28. The van der Waals surface area contributed by atoms with E-state index >= 15 is 0 Å². The molecule has 4 nitrogen and oxygen atoms in total. The van der Waals surface area contributed by atoms with Crippen LogP contribution in [0.2, 0.25) is 0 Å². The van der Waals surface area contributed by atoms with Crippen LogP contribution >= 0.6 is 0 Å². The molecule has 1 aliphatic heterocycles.